The van der Waals surface area contributed by atoms with Crippen LogP contribution in [0.1, 0.15) is 24.0 Å². The highest BCUT2D eigenvalue weighted by molar-refractivity contribution is 5.85. The molecule has 2 rings (SSSR count). The van der Waals surface area contributed by atoms with Gasteiger partial charge in [-0.3, -0.25) is 4.79 Å². The van der Waals surface area contributed by atoms with Gasteiger partial charge in [-0.1, -0.05) is 0 Å². The summed E-state index contributed by atoms with van der Waals surface area (Å²) in [5, 5.41) is 0. The number of ether oxygens (including phenoxy) is 1. The summed E-state index contributed by atoms with van der Waals surface area (Å²) in [6, 6.07) is 3.22. The van der Waals surface area contributed by atoms with Crippen LogP contribution in [0, 0.1) is 0 Å². The summed E-state index contributed by atoms with van der Waals surface area (Å²) >= 11 is 0. The van der Waals surface area contributed by atoms with E-state index in [0.717, 1.165) is 12.1 Å². The maximum atomic E-state index is 12.5. The van der Waals surface area contributed by atoms with E-state index in [4.69, 9.17) is 4.74 Å². The molecule has 1 atom stereocenters. The molecule has 0 fully saturated rings. The van der Waals surface area contributed by atoms with Crippen LogP contribution < -0.4 is 4.74 Å². The van der Waals surface area contributed by atoms with Gasteiger partial charge in [-0.15, -0.1) is 0 Å². The van der Waals surface area contributed by atoms with E-state index < -0.39 is 17.7 Å². The van der Waals surface area contributed by atoms with Crippen molar-refractivity contribution in [2.24, 2.45) is 0 Å². The van der Waals surface area contributed by atoms with E-state index in [9.17, 15) is 18.0 Å². The number of Topliss-reactive ketones (excluding diaryl/α,β-unsaturated/α-hetero) is 1. The fourth-order valence-electron chi connectivity index (χ4n) is 1.73. The van der Waals surface area contributed by atoms with E-state index in [-0.39, 0.29) is 12.4 Å². The minimum Gasteiger partial charge on any atom is -0.492 e. The Labute approximate surface area is 90.0 Å². The molecule has 0 spiro atoms. The zero-order valence-electron chi connectivity index (χ0n) is 8.47. The number of alkyl halides is 3. The third kappa shape index (κ3) is 1.77. The predicted molar refractivity (Wildman–Crippen MR) is 50.4 cm³/mol. The molecule has 0 aromatic heterocycles. The van der Waals surface area contributed by atoms with E-state index in [2.05, 4.69) is 0 Å². The maximum Gasteiger partial charge on any atom is 0.416 e. The van der Waals surface area contributed by atoms with Crippen LogP contribution in [-0.2, 0) is 11.0 Å². The quantitative estimate of drug-likeness (QED) is 0.741. The molecule has 0 saturated carbocycles. The van der Waals surface area contributed by atoms with Gasteiger partial charge in [0.05, 0.1) is 11.5 Å². The Morgan fingerprint density at radius 3 is 2.69 bits per heavy atom. The first-order valence-corrected chi connectivity index (χ1v) is 4.74. The van der Waals surface area contributed by atoms with Crippen LogP contribution in [0.4, 0.5) is 13.2 Å². The molecule has 16 heavy (non-hydrogen) atoms. The van der Waals surface area contributed by atoms with E-state index in [1.807, 2.05) is 0 Å². The second kappa shape index (κ2) is 3.50. The Hall–Kier alpha value is -1.52. The van der Waals surface area contributed by atoms with Gasteiger partial charge in [0.25, 0.3) is 0 Å². The summed E-state index contributed by atoms with van der Waals surface area (Å²) in [6.07, 6.45) is -4.39. The van der Waals surface area contributed by atoms with E-state index in [1.165, 1.54) is 13.0 Å². The van der Waals surface area contributed by atoms with Crippen molar-refractivity contribution in [3.8, 4) is 5.75 Å². The Kier molecular flexibility index (Phi) is 2.40. The summed E-state index contributed by atoms with van der Waals surface area (Å²) in [5.41, 5.74) is -0.412. The zero-order valence-corrected chi connectivity index (χ0v) is 8.47. The number of hydrogen-bond acceptors (Lipinski definition) is 2. The van der Waals surface area contributed by atoms with Crippen LogP contribution in [0.3, 0.4) is 0 Å². The van der Waals surface area contributed by atoms with Crippen molar-refractivity contribution < 1.29 is 22.7 Å². The minimum atomic E-state index is -4.39. The van der Waals surface area contributed by atoms with Crippen LogP contribution in [0.15, 0.2) is 18.2 Å². The Bertz CT molecular complexity index is 437. The highest BCUT2D eigenvalue weighted by atomic mass is 19.4. The summed E-state index contributed by atoms with van der Waals surface area (Å²) < 4.78 is 42.5. The van der Waals surface area contributed by atoms with Gasteiger partial charge in [0, 0.05) is 5.56 Å². The van der Waals surface area contributed by atoms with Crippen molar-refractivity contribution in [1.29, 1.82) is 0 Å². The number of carbonyl (C=O) groups is 1. The lowest BCUT2D eigenvalue weighted by atomic mass is 9.96. The molecule has 5 heteroatoms. The fourth-order valence-corrected chi connectivity index (χ4v) is 1.73. The van der Waals surface area contributed by atoms with Gasteiger partial charge in [0.2, 0.25) is 0 Å². The SMILES string of the molecule is CC(=O)C1COc2ccc(C(F)(F)F)cc21. The van der Waals surface area contributed by atoms with Crippen molar-refractivity contribution in [3.05, 3.63) is 29.3 Å². The molecule has 1 aliphatic heterocycles. The summed E-state index contributed by atoms with van der Waals surface area (Å²) in [4.78, 5) is 11.2. The molecule has 0 saturated heterocycles. The number of ketones is 1. The molecule has 1 unspecified atom stereocenters. The van der Waals surface area contributed by atoms with Gasteiger partial charge in [0.15, 0.2) is 0 Å². The Balaban J connectivity index is 2.45. The second-order valence-electron chi connectivity index (χ2n) is 3.72. The molecule has 86 valence electrons. The average Bonchev–Trinajstić information content (AvgIpc) is 2.58. The lowest BCUT2D eigenvalue weighted by Gasteiger charge is -2.09. The zero-order chi connectivity index (χ0) is 11.9. The first-order chi connectivity index (χ1) is 7.39. The molecular formula is C11H9F3O2. The molecule has 0 amide bonds. The predicted octanol–water partition coefficient (Wildman–Crippen LogP) is 2.77. The molecule has 1 heterocycles. The molecule has 1 aromatic rings. The van der Waals surface area contributed by atoms with Gasteiger partial charge in [-0.05, 0) is 25.1 Å². The molecule has 0 aliphatic carbocycles. The third-order valence-electron chi connectivity index (χ3n) is 2.61. The fraction of sp³-hybridized carbons (Fsp3) is 0.364. The second-order valence-corrected chi connectivity index (χ2v) is 3.72. The highest BCUT2D eigenvalue weighted by Gasteiger charge is 2.34. The van der Waals surface area contributed by atoms with Gasteiger partial charge < -0.3 is 4.74 Å². The van der Waals surface area contributed by atoms with Crippen molar-refractivity contribution in [2.45, 2.75) is 19.0 Å². The first kappa shape index (κ1) is 11.0. The average molecular weight is 230 g/mol. The number of rotatable bonds is 1. The lowest BCUT2D eigenvalue weighted by molar-refractivity contribution is -0.137. The van der Waals surface area contributed by atoms with Gasteiger partial charge in [-0.25, -0.2) is 0 Å². The molecule has 0 radical (unpaired) electrons. The van der Waals surface area contributed by atoms with Crippen LogP contribution in [0.5, 0.6) is 5.75 Å². The van der Waals surface area contributed by atoms with Crippen molar-refractivity contribution in [3.63, 3.8) is 0 Å². The van der Waals surface area contributed by atoms with Crippen molar-refractivity contribution in [2.75, 3.05) is 6.61 Å². The topological polar surface area (TPSA) is 26.3 Å². The van der Waals surface area contributed by atoms with Gasteiger partial charge in [-0.2, -0.15) is 13.2 Å². The van der Waals surface area contributed by atoms with Gasteiger partial charge in [0.1, 0.15) is 18.1 Å². The smallest absolute Gasteiger partial charge is 0.416 e. The van der Waals surface area contributed by atoms with Crippen molar-refractivity contribution in [1.82, 2.24) is 0 Å². The molecule has 2 nitrogen and oxygen atoms in total. The van der Waals surface area contributed by atoms with Crippen LogP contribution in [0.25, 0.3) is 0 Å². The first-order valence-electron chi connectivity index (χ1n) is 4.74. The lowest BCUT2D eigenvalue weighted by Crippen LogP contribution is -2.11. The molecular weight excluding hydrogens is 221 g/mol. The van der Waals surface area contributed by atoms with Crippen LogP contribution in [0.2, 0.25) is 0 Å². The van der Waals surface area contributed by atoms with E-state index >= 15 is 0 Å². The molecule has 0 bridgehead atoms. The van der Waals surface area contributed by atoms with E-state index in [1.54, 1.807) is 0 Å². The summed E-state index contributed by atoms with van der Waals surface area (Å²) in [5.74, 6) is -0.386. The molecule has 0 N–H and O–H groups in total. The number of fused-ring (bicyclic) bond motifs is 1. The van der Waals surface area contributed by atoms with Crippen LogP contribution >= 0.6 is 0 Å². The van der Waals surface area contributed by atoms with Crippen molar-refractivity contribution >= 4 is 5.78 Å². The summed E-state index contributed by atoms with van der Waals surface area (Å²) in [7, 11) is 0. The summed E-state index contributed by atoms with van der Waals surface area (Å²) in [6.45, 7) is 1.48. The minimum absolute atomic E-state index is 0.131. The molecule has 1 aromatic carbocycles. The number of hydrogen-bond donors (Lipinski definition) is 0. The highest BCUT2D eigenvalue weighted by Crippen LogP contribution is 2.39. The Morgan fingerprint density at radius 2 is 2.12 bits per heavy atom. The number of halogens is 3. The molecule has 1 aliphatic rings. The number of carbonyl (C=O) groups excluding carboxylic acids is 1. The standard InChI is InChI=1S/C11H9F3O2/c1-6(15)9-5-16-10-3-2-7(4-8(9)10)11(12,13)14/h2-4,9H,5H2,1H3. The largest absolute Gasteiger partial charge is 0.492 e. The normalized spacial score (nSPS) is 19.1. The van der Waals surface area contributed by atoms with Crippen LogP contribution in [-0.4, -0.2) is 12.4 Å². The monoisotopic (exact) mass is 230 g/mol. The maximum absolute atomic E-state index is 12.5. The van der Waals surface area contributed by atoms with Gasteiger partial charge >= 0.3 is 6.18 Å². The van der Waals surface area contributed by atoms with E-state index in [0.29, 0.717) is 11.3 Å². The number of benzene rings is 1. The Morgan fingerprint density at radius 1 is 1.44 bits per heavy atom. The third-order valence-corrected chi connectivity index (χ3v) is 2.61.